The van der Waals surface area contributed by atoms with Gasteiger partial charge in [0.2, 0.25) is 0 Å². The van der Waals surface area contributed by atoms with E-state index in [1.165, 1.54) is 18.5 Å². The molecule has 92 valence electrons. The highest BCUT2D eigenvalue weighted by Crippen LogP contribution is 2.12. The van der Waals surface area contributed by atoms with Crippen LogP contribution in [-0.2, 0) is 9.59 Å². The quantitative estimate of drug-likeness (QED) is 0.383. The highest BCUT2D eigenvalue weighted by molar-refractivity contribution is 6.15. The van der Waals surface area contributed by atoms with Gasteiger partial charge in [-0.3, -0.25) is 9.59 Å². The van der Waals surface area contributed by atoms with Crippen LogP contribution >= 0.6 is 0 Å². The number of aromatic hydroxyl groups is 1. The van der Waals surface area contributed by atoms with Crippen LogP contribution in [0, 0.1) is 5.92 Å². The molecule has 1 atom stereocenters. The number of nitrogens with zero attached hydrogens (tertiary/aromatic N) is 2. The Hall–Kier alpha value is -2.70. The lowest BCUT2D eigenvalue weighted by atomic mass is 10.1. The van der Waals surface area contributed by atoms with Crippen LogP contribution in [0.1, 0.15) is 5.56 Å². The van der Waals surface area contributed by atoms with Crippen molar-refractivity contribution in [3.05, 3.63) is 29.8 Å². The minimum Gasteiger partial charge on any atom is -0.507 e. The van der Waals surface area contributed by atoms with Gasteiger partial charge in [-0.05, 0) is 12.1 Å². The molecule has 1 aromatic rings. The predicted molar refractivity (Wildman–Crippen MR) is 64.0 cm³/mol. The summed E-state index contributed by atoms with van der Waals surface area (Å²) in [6, 6.07) is 6.53. The van der Waals surface area contributed by atoms with Crippen LogP contribution in [0.15, 0.2) is 34.5 Å². The zero-order valence-electron chi connectivity index (χ0n) is 9.20. The number of phenols is 1. The molecule has 1 aromatic carbocycles. The summed E-state index contributed by atoms with van der Waals surface area (Å²) in [4.78, 5) is 22.6. The number of amides is 2. The summed E-state index contributed by atoms with van der Waals surface area (Å²) in [6.45, 7) is 0. The molecule has 3 N–H and O–H groups in total. The molecule has 1 heterocycles. The molecule has 18 heavy (non-hydrogen) atoms. The average molecular weight is 246 g/mol. The fraction of sp³-hybridized carbons (Fsp3) is 0.0909. The summed E-state index contributed by atoms with van der Waals surface area (Å²) in [5, 5.41) is 16.6. The Labute approximate surface area is 102 Å². The molecule has 0 saturated heterocycles. The molecule has 0 fully saturated rings. The molecule has 0 aromatic heterocycles. The molecule has 0 spiro atoms. The second-order valence-corrected chi connectivity index (χ2v) is 3.52. The van der Waals surface area contributed by atoms with E-state index in [0.29, 0.717) is 5.56 Å². The van der Waals surface area contributed by atoms with Crippen LogP contribution < -0.4 is 10.9 Å². The summed E-state index contributed by atoms with van der Waals surface area (Å²) in [5.74, 6) is -1.99. The first kappa shape index (κ1) is 11.8. The van der Waals surface area contributed by atoms with E-state index in [1.807, 2.05) is 0 Å². The van der Waals surface area contributed by atoms with Crippen LogP contribution in [0.5, 0.6) is 5.75 Å². The summed E-state index contributed by atoms with van der Waals surface area (Å²) in [6.07, 6.45) is 2.49. The third-order valence-corrected chi connectivity index (χ3v) is 2.28. The van der Waals surface area contributed by atoms with Gasteiger partial charge in [-0.1, -0.05) is 12.1 Å². The number of phenolic OH excluding ortho intramolecular Hbond substituents is 1. The number of benzene rings is 1. The van der Waals surface area contributed by atoms with E-state index in [0.717, 1.165) is 0 Å². The lowest BCUT2D eigenvalue weighted by Gasteiger charge is -2.02. The van der Waals surface area contributed by atoms with Crippen molar-refractivity contribution in [3.63, 3.8) is 0 Å². The monoisotopic (exact) mass is 246 g/mol. The van der Waals surface area contributed by atoms with E-state index in [9.17, 15) is 14.7 Å². The van der Waals surface area contributed by atoms with Crippen molar-refractivity contribution in [3.8, 4) is 5.75 Å². The Balaban J connectivity index is 1.96. The summed E-state index contributed by atoms with van der Waals surface area (Å²) < 4.78 is 0. The van der Waals surface area contributed by atoms with Gasteiger partial charge in [0.15, 0.2) is 5.92 Å². The molecular formula is C11H10N4O3. The van der Waals surface area contributed by atoms with Gasteiger partial charge in [0.25, 0.3) is 11.8 Å². The second kappa shape index (κ2) is 5.09. The maximum absolute atomic E-state index is 11.5. The van der Waals surface area contributed by atoms with Gasteiger partial charge in [-0.15, -0.1) is 0 Å². The molecule has 0 saturated carbocycles. The average Bonchev–Trinajstić information content (AvgIpc) is 2.78. The smallest absolute Gasteiger partial charge is 0.258 e. The largest absolute Gasteiger partial charge is 0.507 e. The highest BCUT2D eigenvalue weighted by Gasteiger charge is 2.28. The van der Waals surface area contributed by atoms with Crippen molar-refractivity contribution in [1.82, 2.24) is 10.9 Å². The van der Waals surface area contributed by atoms with E-state index < -0.39 is 17.7 Å². The van der Waals surface area contributed by atoms with Crippen LogP contribution in [0.3, 0.4) is 0 Å². The fourth-order valence-corrected chi connectivity index (χ4v) is 1.33. The Morgan fingerprint density at radius 1 is 1.50 bits per heavy atom. The minimum atomic E-state index is -0.966. The Morgan fingerprint density at radius 3 is 2.94 bits per heavy atom. The first-order valence-electron chi connectivity index (χ1n) is 5.12. The van der Waals surface area contributed by atoms with E-state index in [4.69, 9.17) is 0 Å². The summed E-state index contributed by atoms with van der Waals surface area (Å²) in [7, 11) is 0. The second-order valence-electron chi connectivity index (χ2n) is 3.52. The van der Waals surface area contributed by atoms with Crippen molar-refractivity contribution in [2.45, 2.75) is 0 Å². The topological polar surface area (TPSA) is 103 Å². The van der Waals surface area contributed by atoms with Crippen molar-refractivity contribution in [1.29, 1.82) is 0 Å². The summed E-state index contributed by atoms with van der Waals surface area (Å²) >= 11 is 0. The van der Waals surface area contributed by atoms with E-state index >= 15 is 0 Å². The molecule has 2 amide bonds. The van der Waals surface area contributed by atoms with Crippen molar-refractivity contribution in [2.24, 2.45) is 16.1 Å². The van der Waals surface area contributed by atoms with Gasteiger partial charge in [0.05, 0.1) is 6.21 Å². The molecule has 1 aliphatic rings. The first-order valence-corrected chi connectivity index (χ1v) is 5.12. The van der Waals surface area contributed by atoms with E-state index in [-0.39, 0.29) is 5.75 Å². The zero-order valence-corrected chi connectivity index (χ0v) is 9.20. The maximum atomic E-state index is 11.5. The van der Waals surface area contributed by atoms with Gasteiger partial charge >= 0.3 is 0 Å². The fourth-order valence-electron chi connectivity index (χ4n) is 1.33. The predicted octanol–water partition coefficient (Wildman–Crippen LogP) is -0.426. The molecule has 2 rings (SSSR count). The van der Waals surface area contributed by atoms with Gasteiger partial charge in [0, 0.05) is 11.8 Å². The zero-order chi connectivity index (χ0) is 13.0. The minimum absolute atomic E-state index is 0.0515. The Morgan fingerprint density at radius 2 is 2.28 bits per heavy atom. The molecule has 0 bridgehead atoms. The van der Waals surface area contributed by atoms with Crippen LogP contribution in [0.25, 0.3) is 0 Å². The number of carbonyl (C=O) groups is 2. The normalized spacial score (nSPS) is 18.0. The van der Waals surface area contributed by atoms with Crippen molar-refractivity contribution in [2.75, 3.05) is 0 Å². The Bertz CT molecular complexity index is 539. The number of rotatable bonds is 3. The van der Waals surface area contributed by atoms with Gasteiger partial charge in [-0.2, -0.15) is 10.2 Å². The molecule has 7 nitrogen and oxygen atoms in total. The number of hydrogen-bond acceptors (Lipinski definition) is 5. The van der Waals surface area contributed by atoms with Crippen molar-refractivity contribution >= 4 is 24.2 Å². The van der Waals surface area contributed by atoms with Gasteiger partial charge in [-0.25, -0.2) is 10.9 Å². The molecular weight excluding hydrogens is 236 g/mol. The van der Waals surface area contributed by atoms with Crippen LogP contribution in [-0.4, -0.2) is 29.4 Å². The van der Waals surface area contributed by atoms with E-state index in [2.05, 4.69) is 21.1 Å². The maximum Gasteiger partial charge on any atom is 0.258 e. The van der Waals surface area contributed by atoms with Gasteiger partial charge < -0.3 is 5.11 Å². The lowest BCUT2D eigenvalue weighted by Crippen LogP contribution is -2.34. The molecule has 7 heteroatoms. The van der Waals surface area contributed by atoms with Crippen LogP contribution in [0.2, 0.25) is 0 Å². The first-order chi connectivity index (χ1) is 8.68. The SMILES string of the molecule is O=C1NN=C[C@@H]1C(=O)N/N=C\c1ccccc1O. The molecule has 1 aliphatic heterocycles. The standard InChI is InChI=1S/C11H10N4O3/c16-9-4-2-1-3-7(9)5-12-14-10(17)8-6-13-15-11(8)18/h1-6,8,16H,(H,14,17)(H,15,18)/b12-5-/t8-/m1/s1. The van der Waals surface area contributed by atoms with Gasteiger partial charge in [0.1, 0.15) is 5.75 Å². The van der Waals surface area contributed by atoms with Crippen LogP contribution in [0.4, 0.5) is 0 Å². The molecule has 0 aliphatic carbocycles. The number of carbonyl (C=O) groups excluding carboxylic acids is 2. The Kier molecular flexibility index (Phi) is 3.33. The number of hydrazone groups is 2. The van der Waals surface area contributed by atoms with Crippen molar-refractivity contribution < 1.29 is 14.7 Å². The molecule has 0 unspecified atom stereocenters. The highest BCUT2D eigenvalue weighted by atomic mass is 16.3. The third kappa shape index (κ3) is 2.51. The summed E-state index contributed by atoms with van der Waals surface area (Å²) in [5.41, 5.74) is 4.80. The number of hydrogen-bond donors (Lipinski definition) is 3. The molecule has 0 radical (unpaired) electrons. The van der Waals surface area contributed by atoms with E-state index in [1.54, 1.807) is 18.2 Å². The third-order valence-electron chi connectivity index (χ3n) is 2.28. The number of para-hydroxylation sites is 1. The number of nitrogens with one attached hydrogen (secondary N) is 2. The lowest BCUT2D eigenvalue weighted by molar-refractivity contribution is -0.131.